The Bertz CT molecular complexity index is 774. The first-order chi connectivity index (χ1) is 11.0. The number of nitrogens with zero attached hydrogens (tertiary/aromatic N) is 1. The average Bonchev–Trinajstić information content (AvgIpc) is 2.78. The van der Waals surface area contributed by atoms with Crippen molar-refractivity contribution in [2.45, 2.75) is 31.8 Å². The fourth-order valence-electron chi connectivity index (χ4n) is 2.92. The van der Waals surface area contributed by atoms with Crippen LogP contribution in [0.3, 0.4) is 0 Å². The third kappa shape index (κ3) is 2.57. The highest BCUT2D eigenvalue weighted by molar-refractivity contribution is 6.07. The van der Waals surface area contributed by atoms with Crippen LogP contribution in [0.5, 0.6) is 0 Å². The zero-order valence-electron chi connectivity index (χ0n) is 13.4. The third-order valence-corrected chi connectivity index (χ3v) is 4.54. The van der Waals surface area contributed by atoms with Gasteiger partial charge in [0.1, 0.15) is 5.54 Å². The van der Waals surface area contributed by atoms with Crippen molar-refractivity contribution < 1.29 is 9.59 Å². The number of urea groups is 1. The smallest absolute Gasteiger partial charge is 0.325 e. The minimum Gasteiger partial charge on any atom is -0.326 e. The van der Waals surface area contributed by atoms with Gasteiger partial charge in [-0.2, -0.15) is 0 Å². The number of rotatable bonds is 4. The molecule has 0 spiro atoms. The van der Waals surface area contributed by atoms with Gasteiger partial charge in [-0.05, 0) is 35.7 Å². The summed E-state index contributed by atoms with van der Waals surface area (Å²) in [5, 5.41) is 4.96. The van der Waals surface area contributed by atoms with Gasteiger partial charge in [0.25, 0.3) is 5.91 Å². The van der Waals surface area contributed by atoms with Crippen molar-refractivity contribution >= 4 is 22.7 Å². The van der Waals surface area contributed by atoms with Gasteiger partial charge in [-0.25, -0.2) is 4.79 Å². The van der Waals surface area contributed by atoms with E-state index in [0.717, 1.165) is 16.3 Å². The van der Waals surface area contributed by atoms with Gasteiger partial charge >= 0.3 is 6.03 Å². The lowest BCUT2D eigenvalue weighted by Crippen LogP contribution is -2.43. The molecule has 0 aliphatic carbocycles. The van der Waals surface area contributed by atoms with E-state index < -0.39 is 5.54 Å². The van der Waals surface area contributed by atoms with Crippen LogP contribution in [0.1, 0.15) is 25.8 Å². The maximum absolute atomic E-state index is 12.8. The maximum atomic E-state index is 12.8. The molecule has 1 saturated heterocycles. The summed E-state index contributed by atoms with van der Waals surface area (Å²) in [6.07, 6.45) is 0.712. The number of benzene rings is 2. The van der Waals surface area contributed by atoms with Crippen LogP contribution in [-0.4, -0.2) is 29.4 Å². The lowest BCUT2D eigenvalue weighted by Gasteiger charge is -2.23. The minimum absolute atomic E-state index is 0.205. The topological polar surface area (TPSA) is 75.4 Å². The lowest BCUT2D eigenvalue weighted by atomic mass is 9.90. The molecule has 0 radical (unpaired) electrons. The Hall–Kier alpha value is -2.40. The number of nitrogens with one attached hydrogen (secondary N) is 1. The van der Waals surface area contributed by atoms with E-state index in [4.69, 9.17) is 5.73 Å². The number of carbonyl (C=O) groups excluding carboxylic acids is 2. The van der Waals surface area contributed by atoms with Gasteiger partial charge in [-0.15, -0.1) is 0 Å². The van der Waals surface area contributed by atoms with E-state index in [2.05, 4.69) is 5.32 Å². The van der Waals surface area contributed by atoms with Crippen LogP contribution in [0.2, 0.25) is 0 Å². The highest BCUT2D eigenvalue weighted by Crippen LogP contribution is 2.31. The van der Waals surface area contributed by atoms with Gasteiger partial charge in [0.15, 0.2) is 0 Å². The zero-order chi connectivity index (χ0) is 16.6. The van der Waals surface area contributed by atoms with E-state index in [-0.39, 0.29) is 24.5 Å². The summed E-state index contributed by atoms with van der Waals surface area (Å²) in [4.78, 5) is 26.3. The van der Waals surface area contributed by atoms with E-state index in [1.54, 1.807) is 6.92 Å². The molecule has 0 saturated carbocycles. The van der Waals surface area contributed by atoms with E-state index in [9.17, 15) is 9.59 Å². The van der Waals surface area contributed by atoms with E-state index >= 15 is 0 Å². The monoisotopic (exact) mass is 311 g/mol. The second kappa shape index (κ2) is 5.66. The molecule has 2 aromatic carbocycles. The summed E-state index contributed by atoms with van der Waals surface area (Å²) in [5.74, 6) is -0.248. The van der Waals surface area contributed by atoms with Gasteiger partial charge in [-0.1, -0.05) is 43.3 Å². The van der Waals surface area contributed by atoms with Crippen molar-refractivity contribution in [1.82, 2.24) is 10.2 Å². The highest BCUT2D eigenvalue weighted by Gasteiger charge is 2.49. The van der Waals surface area contributed by atoms with Crippen molar-refractivity contribution in [2.24, 2.45) is 5.73 Å². The average molecular weight is 311 g/mol. The van der Waals surface area contributed by atoms with E-state index in [1.165, 1.54) is 4.90 Å². The molecular weight excluding hydrogens is 290 g/mol. The molecule has 1 fully saturated rings. The van der Waals surface area contributed by atoms with Gasteiger partial charge in [0, 0.05) is 12.6 Å². The minimum atomic E-state index is -1.05. The van der Waals surface area contributed by atoms with Gasteiger partial charge in [-0.3, -0.25) is 9.69 Å². The second-order valence-electron chi connectivity index (χ2n) is 6.20. The van der Waals surface area contributed by atoms with Crippen LogP contribution in [0.4, 0.5) is 4.79 Å². The van der Waals surface area contributed by atoms with Gasteiger partial charge in [0.2, 0.25) is 0 Å². The summed E-state index contributed by atoms with van der Waals surface area (Å²) < 4.78 is 0. The molecule has 3 N–H and O–H groups in total. The molecule has 1 heterocycles. The molecule has 2 unspecified atom stereocenters. The molecule has 0 aromatic heterocycles. The van der Waals surface area contributed by atoms with Gasteiger partial charge < -0.3 is 11.1 Å². The fourth-order valence-corrected chi connectivity index (χ4v) is 2.92. The zero-order valence-corrected chi connectivity index (χ0v) is 13.4. The SMILES string of the molecule is CCC(N)CN1C(=O)NC(C)(c2ccc3ccccc3c2)C1=O. The Morgan fingerprint density at radius 3 is 2.57 bits per heavy atom. The summed E-state index contributed by atoms with van der Waals surface area (Å²) >= 11 is 0. The number of hydrogen-bond donors (Lipinski definition) is 2. The Kier molecular flexibility index (Phi) is 3.82. The van der Waals surface area contributed by atoms with Crippen LogP contribution in [0.25, 0.3) is 10.8 Å². The van der Waals surface area contributed by atoms with Crippen LogP contribution < -0.4 is 11.1 Å². The normalized spacial score (nSPS) is 22.5. The van der Waals surface area contributed by atoms with Crippen molar-refractivity contribution in [3.05, 3.63) is 48.0 Å². The van der Waals surface area contributed by atoms with Crippen LogP contribution in [0, 0.1) is 0 Å². The lowest BCUT2D eigenvalue weighted by molar-refractivity contribution is -0.131. The first-order valence-corrected chi connectivity index (χ1v) is 7.84. The fraction of sp³-hybridized carbons (Fsp3) is 0.333. The maximum Gasteiger partial charge on any atom is 0.325 e. The first-order valence-electron chi connectivity index (χ1n) is 7.84. The van der Waals surface area contributed by atoms with Gasteiger partial charge in [0.05, 0.1) is 0 Å². The summed E-state index contributed by atoms with van der Waals surface area (Å²) in [6, 6.07) is 13.2. The van der Waals surface area contributed by atoms with Crippen molar-refractivity contribution in [1.29, 1.82) is 0 Å². The number of fused-ring (bicyclic) bond motifs is 1. The molecule has 120 valence electrons. The quantitative estimate of drug-likeness (QED) is 0.851. The Labute approximate surface area is 135 Å². The van der Waals surface area contributed by atoms with Crippen molar-refractivity contribution in [2.75, 3.05) is 6.54 Å². The predicted octanol–water partition coefficient (Wildman–Crippen LogP) is 2.34. The number of hydrogen-bond acceptors (Lipinski definition) is 3. The predicted molar refractivity (Wildman–Crippen MR) is 89.8 cm³/mol. The summed E-state index contributed by atoms with van der Waals surface area (Å²) in [6.45, 7) is 3.92. The van der Waals surface area contributed by atoms with Crippen LogP contribution in [0.15, 0.2) is 42.5 Å². The Balaban J connectivity index is 1.97. The Morgan fingerprint density at radius 1 is 1.17 bits per heavy atom. The largest absolute Gasteiger partial charge is 0.326 e. The molecular formula is C18H21N3O2. The molecule has 23 heavy (non-hydrogen) atoms. The van der Waals surface area contributed by atoms with Crippen LogP contribution >= 0.6 is 0 Å². The third-order valence-electron chi connectivity index (χ3n) is 4.54. The summed E-state index contributed by atoms with van der Waals surface area (Å²) in [7, 11) is 0. The van der Waals surface area contributed by atoms with E-state index in [1.807, 2.05) is 49.4 Å². The van der Waals surface area contributed by atoms with E-state index in [0.29, 0.717) is 6.42 Å². The molecule has 1 aliphatic rings. The number of imide groups is 1. The molecule has 5 heteroatoms. The first kappa shape index (κ1) is 15.5. The summed E-state index contributed by atoms with van der Waals surface area (Å²) in [5.41, 5.74) is 5.64. The molecule has 3 rings (SSSR count). The standard InChI is InChI=1S/C18H21N3O2/c1-3-15(19)11-21-16(22)18(2,20-17(21)23)14-9-8-12-6-4-5-7-13(12)10-14/h4-10,15H,3,11,19H2,1-2H3,(H,20,23). The number of amides is 3. The molecule has 0 bridgehead atoms. The molecule has 5 nitrogen and oxygen atoms in total. The molecule has 2 atom stereocenters. The number of nitrogens with two attached hydrogens (primary N) is 1. The van der Waals surface area contributed by atoms with Crippen molar-refractivity contribution in [3.63, 3.8) is 0 Å². The Morgan fingerprint density at radius 2 is 1.87 bits per heavy atom. The molecule has 2 aromatic rings. The molecule has 3 amide bonds. The van der Waals surface area contributed by atoms with Crippen molar-refractivity contribution in [3.8, 4) is 0 Å². The highest BCUT2D eigenvalue weighted by atomic mass is 16.2. The second-order valence-corrected chi connectivity index (χ2v) is 6.20. The van der Waals surface area contributed by atoms with Crippen LogP contribution in [-0.2, 0) is 10.3 Å². The number of carbonyl (C=O) groups is 2. The molecule has 1 aliphatic heterocycles.